The van der Waals surface area contributed by atoms with E-state index in [0.29, 0.717) is 11.4 Å². The Morgan fingerprint density at radius 1 is 1.10 bits per heavy atom. The van der Waals surface area contributed by atoms with Crippen LogP contribution in [-0.4, -0.2) is 29.8 Å². The number of carbonyl (C=O) groups excluding carboxylic acids is 1. The third-order valence-electron chi connectivity index (χ3n) is 5.15. The molecule has 114 valence electrons. The van der Waals surface area contributed by atoms with Gasteiger partial charge in [-0.2, -0.15) is 0 Å². The van der Waals surface area contributed by atoms with Crippen LogP contribution in [0.3, 0.4) is 0 Å². The zero-order chi connectivity index (χ0) is 14.7. The van der Waals surface area contributed by atoms with Crippen LogP contribution in [0.15, 0.2) is 24.3 Å². The molecule has 0 N–H and O–H groups in total. The molecule has 1 aliphatic carbocycles. The first-order valence-electron chi connectivity index (χ1n) is 8.27. The first-order valence-corrected chi connectivity index (χ1v) is 8.64. The van der Waals surface area contributed by atoms with Crippen LogP contribution in [0.5, 0.6) is 0 Å². The molecule has 1 aromatic rings. The van der Waals surface area contributed by atoms with Crippen molar-refractivity contribution in [3.05, 3.63) is 34.9 Å². The van der Waals surface area contributed by atoms with E-state index in [-0.39, 0.29) is 5.78 Å². The molecule has 0 bridgehead atoms. The van der Waals surface area contributed by atoms with Crippen LogP contribution in [0.4, 0.5) is 0 Å². The Bertz CT molecular complexity index is 482. The van der Waals surface area contributed by atoms with E-state index in [1.54, 1.807) is 12.1 Å². The number of hydrogen-bond acceptors (Lipinski definition) is 2. The average molecular weight is 306 g/mol. The number of Topliss-reactive ketones (excluding diaryl/α,β-unsaturated/α-hetero) is 1. The van der Waals surface area contributed by atoms with E-state index in [9.17, 15) is 4.79 Å². The second kappa shape index (κ2) is 6.93. The van der Waals surface area contributed by atoms with Gasteiger partial charge >= 0.3 is 0 Å². The molecule has 2 nitrogen and oxygen atoms in total. The van der Waals surface area contributed by atoms with E-state index in [2.05, 4.69) is 4.90 Å². The predicted molar refractivity (Wildman–Crippen MR) is 87.0 cm³/mol. The maximum absolute atomic E-state index is 12.3. The highest BCUT2D eigenvalue weighted by molar-refractivity contribution is 6.30. The molecule has 0 aromatic heterocycles. The largest absolute Gasteiger partial charge is 0.300 e. The molecule has 0 amide bonds. The molecule has 3 heteroatoms. The van der Waals surface area contributed by atoms with Crippen molar-refractivity contribution in [1.29, 1.82) is 0 Å². The fourth-order valence-electron chi connectivity index (χ4n) is 4.03. The van der Waals surface area contributed by atoms with E-state index in [1.165, 1.54) is 45.1 Å². The zero-order valence-corrected chi connectivity index (χ0v) is 13.3. The van der Waals surface area contributed by atoms with Crippen LogP contribution < -0.4 is 0 Å². The molecular formula is C18H24ClNO. The Morgan fingerprint density at radius 3 is 2.62 bits per heavy atom. The molecule has 2 aliphatic rings. The predicted octanol–water partition coefficient (Wildman–Crippen LogP) is 4.57. The van der Waals surface area contributed by atoms with Crippen molar-refractivity contribution in [2.45, 2.75) is 51.0 Å². The zero-order valence-electron chi connectivity index (χ0n) is 12.6. The van der Waals surface area contributed by atoms with E-state index in [0.717, 1.165) is 24.1 Å². The monoisotopic (exact) mass is 305 g/mol. The normalized spacial score (nSPS) is 26.3. The van der Waals surface area contributed by atoms with Crippen molar-refractivity contribution in [3.63, 3.8) is 0 Å². The second-order valence-corrected chi connectivity index (χ2v) is 6.91. The molecule has 1 aromatic carbocycles. The van der Waals surface area contributed by atoms with Gasteiger partial charge in [0.05, 0.1) is 0 Å². The third kappa shape index (κ3) is 3.67. The standard InChI is InChI=1S/C18H24ClNO/c19-16-9-7-15(8-10-16)18(21)11-13-20-12-3-5-14-4-1-2-6-17(14)20/h7-10,14,17H,1-6,11-13H2/t14-,17-/m1/s1. The van der Waals surface area contributed by atoms with Gasteiger partial charge in [0.25, 0.3) is 0 Å². The van der Waals surface area contributed by atoms with Crippen LogP contribution in [0.1, 0.15) is 55.3 Å². The van der Waals surface area contributed by atoms with Gasteiger partial charge in [0.1, 0.15) is 0 Å². The highest BCUT2D eigenvalue weighted by atomic mass is 35.5. The summed E-state index contributed by atoms with van der Waals surface area (Å²) in [6, 6.07) is 8.01. The topological polar surface area (TPSA) is 20.3 Å². The first-order chi connectivity index (χ1) is 10.2. The highest BCUT2D eigenvalue weighted by Crippen LogP contribution is 2.35. The van der Waals surface area contributed by atoms with Gasteiger partial charge < -0.3 is 0 Å². The SMILES string of the molecule is O=C(CCN1CCC[C@H]2CCCC[C@H]21)c1ccc(Cl)cc1. The minimum absolute atomic E-state index is 0.240. The lowest BCUT2D eigenvalue weighted by atomic mass is 9.78. The average Bonchev–Trinajstić information content (AvgIpc) is 2.53. The van der Waals surface area contributed by atoms with Crippen LogP contribution in [0, 0.1) is 5.92 Å². The Hall–Kier alpha value is -0.860. The molecule has 1 saturated heterocycles. The summed E-state index contributed by atoms with van der Waals surface area (Å²) in [5, 5.41) is 0.688. The summed E-state index contributed by atoms with van der Waals surface area (Å²) in [5.41, 5.74) is 0.789. The lowest BCUT2D eigenvalue weighted by molar-refractivity contribution is 0.0575. The molecule has 1 heterocycles. The van der Waals surface area contributed by atoms with Crippen LogP contribution in [-0.2, 0) is 0 Å². The number of ketones is 1. The number of likely N-dealkylation sites (tertiary alicyclic amines) is 1. The Labute approximate surface area is 132 Å². The molecule has 2 fully saturated rings. The summed E-state index contributed by atoms with van der Waals surface area (Å²) in [6.07, 6.45) is 8.82. The number of benzene rings is 1. The fraction of sp³-hybridized carbons (Fsp3) is 0.611. The minimum atomic E-state index is 0.240. The number of nitrogens with zero attached hydrogens (tertiary/aromatic N) is 1. The molecule has 0 unspecified atom stereocenters. The molecule has 1 aliphatic heterocycles. The van der Waals surface area contributed by atoms with Crippen molar-refractivity contribution in [2.24, 2.45) is 5.92 Å². The van der Waals surface area contributed by atoms with Crippen molar-refractivity contribution in [1.82, 2.24) is 4.90 Å². The Morgan fingerprint density at radius 2 is 1.81 bits per heavy atom. The van der Waals surface area contributed by atoms with Crippen molar-refractivity contribution < 1.29 is 4.79 Å². The summed E-state index contributed by atoms with van der Waals surface area (Å²) in [4.78, 5) is 14.9. The number of rotatable bonds is 4. The first kappa shape index (κ1) is 15.1. The number of hydrogen-bond donors (Lipinski definition) is 0. The van der Waals surface area contributed by atoms with Gasteiger partial charge in [0.15, 0.2) is 5.78 Å². The van der Waals surface area contributed by atoms with Gasteiger partial charge in [-0.15, -0.1) is 0 Å². The molecule has 21 heavy (non-hydrogen) atoms. The molecule has 2 atom stereocenters. The summed E-state index contributed by atoms with van der Waals surface area (Å²) >= 11 is 5.87. The maximum atomic E-state index is 12.3. The van der Waals surface area contributed by atoms with E-state index >= 15 is 0 Å². The number of carbonyl (C=O) groups is 1. The van der Waals surface area contributed by atoms with Gasteiger partial charge in [-0.1, -0.05) is 24.4 Å². The molecule has 0 spiro atoms. The quantitative estimate of drug-likeness (QED) is 0.760. The molecule has 1 saturated carbocycles. The maximum Gasteiger partial charge on any atom is 0.164 e. The summed E-state index contributed by atoms with van der Waals surface area (Å²) in [6.45, 7) is 2.09. The number of piperidine rings is 1. The molecule has 0 radical (unpaired) electrons. The number of halogens is 1. The van der Waals surface area contributed by atoms with Crippen LogP contribution >= 0.6 is 11.6 Å². The smallest absolute Gasteiger partial charge is 0.164 e. The van der Waals surface area contributed by atoms with E-state index in [1.807, 2.05) is 12.1 Å². The summed E-state index contributed by atoms with van der Waals surface area (Å²) in [5.74, 6) is 1.13. The van der Waals surface area contributed by atoms with Gasteiger partial charge in [0.2, 0.25) is 0 Å². The van der Waals surface area contributed by atoms with E-state index in [4.69, 9.17) is 11.6 Å². The third-order valence-corrected chi connectivity index (χ3v) is 5.40. The lowest BCUT2D eigenvalue weighted by Gasteiger charge is -2.44. The molecular weight excluding hydrogens is 282 g/mol. The van der Waals surface area contributed by atoms with Gasteiger partial charge in [-0.3, -0.25) is 9.69 Å². The van der Waals surface area contributed by atoms with E-state index < -0.39 is 0 Å². The second-order valence-electron chi connectivity index (χ2n) is 6.47. The number of fused-ring (bicyclic) bond motifs is 1. The van der Waals surface area contributed by atoms with Gasteiger partial charge in [-0.25, -0.2) is 0 Å². The minimum Gasteiger partial charge on any atom is -0.300 e. The Kier molecular flexibility index (Phi) is 4.97. The van der Waals surface area contributed by atoms with Crippen molar-refractivity contribution in [3.8, 4) is 0 Å². The fourth-order valence-corrected chi connectivity index (χ4v) is 4.16. The van der Waals surface area contributed by atoms with Crippen LogP contribution in [0.2, 0.25) is 5.02 Å². The highest BCUT2D eigenvalue weighted by Gasteiger charge is 2.32. The lowest BCUT2D eigenvalue weighted by Crippen LogP contribution is -2.47. The Balaban J connectivity index is 1.56. The van der Waals surface area contributed by atoms with Crippen molar-refractivity contribution in [2.75, 3.05) is 13.1 Å². The summed E-state index contributed by atoms with van der Waals surface area (Å²) in [7, 11) is 0. The van der Waals surface area contributed by atoms with Crippen LogP contribution in [0.25, 0.3) is 0 Å². The van der Waals surface area contributed by atoms with Crippen molar-refractivity contribution >= 4 is 17.4 Å². The van der Waals surface area contributed by atoms with Gasteiger partial charge in [-0.05, 0) is 62.4 Å². The van der Waals surface area contributed by atoms with Gasteiger partial charge in [0, 0.05) is 29.6 Å². The molecule has 3 rings (SSSR count). The summed E-state index contributed by atoms with van der Waals surface area (Å²) < 4.78 is 0.